The van der Waals surface area contributed by atoms with Crippen molar-refractivity contribution in [2.24, 2.45) is 0 Å². The van der Waals surface area contributed by atoms with Crippen molar-refractivity contribution in [3.8, 4) is 22.5 Å². The molecule has 9 nitrogen and oxygen atoms in total. The summed E-state index contributed by atoms with van der Waals surface area (Å²) in [5.41, 5.74) is 3.06. The second-order valence-electron chi connectivity index (χ2n) is 7.34. The van der Waals surface area contributed by atoms with E-state index in [1.54, 1.807) is 12.1 Å². The van der Waals surface area contributed by atoms with E-state index in [1.807, 2.05) is 42.5 Å². The minimum Gasteiger partial charge on any atom is -0.456 e. The van der Waals surface area contributed by atoms with Gasteiger partial charge in [0.1, 0.15) is 0 Å². The largest absolute Gasteiger partial charge is 0.456 e. The Balaban J connectivity index is 1.25. The van der Waals surface area contributed by atoms with Crippen molar-refractivity contribution < 1.29 is 23.8 Å². The summed E-state index contributed by atoms with van der Waals surface area (Å²) in [6.07, 6.45) is -0.0655. The first-order chi connectivity index (χ1) is 16.5. The second-order valence-corrected chi connectivity index (χ2v) is 7.34. The van der Waals surface area contributed by atoms with Gasteiger partial charge < -0.3 is 9.26 Å². The van der Waals surface area contributed by atoms with Crippen LogP contribution in [0.1, 0.15) is 29.1 Å². The number of non-ortho nitro benzene ring substituents is 1. The third-order valence-corrected chi connectivity index (χ3v) is 5.03. The maximum absolute atomic E-state index is 12.4. The van der Waals surface area contributed by atoms with Crippen molar-refractivity contribution in [3.05, 3.63) is 100 Å². The van der Waals surface area contributed by atoms with Gasteiger partial charge >= 0.3 is 5.97 Å². The fourth-order valence-corrected chi connectivity index (χ4v) is 3.22. The predicted molar refractivity (Wildman–Crippen MR) is 122 cm³/mol. The number of Topliss-reactive ketones (excluding diaryl/α,β-unsaturated/α-hetero) is 1. The molecule has 0 spiro atoms. The van der Waals surface area contributed by atoms with Crippen LogP contribution >= 0.6 is 0 Å². The van der Waals surface area contributed by atoms with Crippen LogP contribution in [0, 0.1) is 10.1 Å². The Morgan fingerprint density at radius 2 is 1.50 bits per heavy atom. The summed E-state index contributed by atoms with van der Waals surface area (Å²) < 4.78 is 10.2. The molecular weight excluding hydrogens is 438 g/mol. The monoisotopic (exact) mass is 457 g/mol. The number of rotatable bonds is 9. The van der Waals surface area contributed by atoms with E-state index in [1.165, 1.54) is 24.3 Å². The summed E-state index contributed by atoms with van der Waals surface area (Å²) in [6.45, 7) is -0.237. The van der Waals surface area contributed by atoms with Crippen LogP contribution in [0.15, 0.2) is 83.4 Å². The highest BCUT2D eigenvalue weighted by atomic mass is 16.6. The third-order valence-electron chi connectivity index (χ3n) is 5.03. The lowest BCUT2D eigenvalue weighted by Gasteiger charge is -2.05. The molecule has 0 saturated carbocycles. The summed E-state index contributed by atoms with van der Waals surface area (Å²) in [4.78, 5) is 38.8. The molecule has 0 bridgehead atoms. The number of ether oxygens (including phenoxy) is 1. The van der Waals surface area contributed by atoms with Crippen molar-refractivity contribution in [3.63, 3.8) is 0 Å². The first kappa shape index (κ1) is 22.5. The molecule has 170 valence electrons. The number of benzene rings is 3. The van der Waals surface area contributed by atoms with Crippen molar-refractivity contribution in [2.75, 3.05) is 0 Å². The van der Waals surface area contributed by atoms with E-state index in [4.69, 9.17) is 9.26 Å². The van der Waals surface area contributed by atoms with Gasteiger partial charge in [-0.25, -0.2) is 0 Å². The molecule has 0 saturated heterocycles. The summed E-state index contributed by atoms with van der Waals surface area (Å²) in [5, 5.41) is 14.5. The average molecular weight is 457 g/mol. The van der Waals surface area contributed by atoms with Crippen molar-refractivity contribution >= 4 is 17.4 Å². The maximum atomic E-state index is 12.4. The van der Waals surface area contributed by atoms with E-state index in [0.717, 1.165) is 11.1 Å². The van der Waals surface area contributed by atoms with Gasteiger partial charge in [-0.2, -0.15) is 4.98 Å². The van der Waals surface area contributed by atoms with Crippen LogP contribution in [-0.2, 0) is 16.1 Å². The zero-order valence-electron chi connectivity index (χ0n) is 17.9. The van der Waals surface area contributed by atoms with E-state index in [2.05, 4.69) is 10.1 Å². The molecule has 34 heavy (non-hydrogen) atoms. The molecule has 9 heteroatoms. The Bertz CT molecular complexity index is 1300. The quantitative estimate of drug-likeness (QED) is 0.148. The molecule has 0 N–H and O–H groups in total. The molecule has 3 aromatic carbocycles. The molecule has 0 aliphatic carbocycles. The third kappa shape index (κ3) is 5.57. The fraction of sp³-hybridized carbons (Fsp3) is 0.120. The first-order valence-corrected chi connectivity index (χ1v) is 10.4. The average Bonchev–Trinajstić information content (AvgIpc) is 3.36. The molecule has 4 rings (SSSR count). The van der Waals surface area contributed by atoms with E-state index in [0.29, 0.717) is 11.1 Å². The van der Waals surface area contributed by atoms with Gasteiger partial charge in [0.15, 0.2) is 12.4 Å². The van der Waals surface area contributed by atoms with Crippen LogP contribution in [0.4, 0.5) is 5.69 Å². The predicted octanol–water partition coefficient (Wildman–Crippen LogP) is 5.02. The molecule has 0 atom stereocenters. The van der Waals surface area contributed by atoms with Crippen molar-refractivity contribution in [2.45, 2.75) is 19.4 Å². The lowest BCUT2D eigenvalue weighted by molar-refractivity contribution is -0.384. The summed E-state index contributed by atoms with van der Waals surface area (Å²) >= 11 is 0. The van der Waals surface area contributed by atoms with Crippen LogP contribution in [0.3, 0.4) is 0 Å². The number of nitro benzene ring substituents is 1. The Morgan fingerprint density at radius 1 is 0.853 bits per heavy atom. The highest BCUT2D eigenvalue weighted by Crippen LogP contribution is 2.21. The first-order valence-electron chi connectivity index (χ1n) is 10.4. The standard InChI is InChI=1S/C25H19N3O6/c29-22(19-8-6-18(7-9-19)17-4-2-1-3-5-17)14-15-24(30)33-16-23-26-25(27-34-23)20-10-12-21(13-11-20)28(31)32/h1-13H,14-16H2. The van der Waals surface area contributed by atoms with Gasteiger partial charge in [0.25, 0.3) is 11.6 Å². The number of ketones is 1. The van der Waals surface area contributed by atoms with Gasteiger partial charge in [0.2, 0.25) is 5.82 Å². The summed E-state index contributed by atoms with van der Waals surface area (Å²) in [5.74, 6) is -0.432. The molecule has 1 heterocycles. The van der Waals surface area contributed by atoms with Crippen LogP contribution < -0.4 is 0 Å². The number of nitrogens with zero attached hydrogens (tertiary/aromatic N) is 3. The summed E-state index contributed by atoms with van der Waals surface area (Å²) in [7, 11) is 0. The smallest absolute Gasteiger partial charge is 0.306 e. The zero-order valence-corrected chi connectivity index (χ0v) is 17.9. The molecule has 0 unspecified atom stereocenters. The number of carbonyl (C=O) groups is 2. The van der Waals surface area contributed by atoms with Gasteiger partial charge in [-0.15, -0.1) is 0 Å². The maximum Gasteiger partial charge on any atom is 0.306 e. The highest BCUT2D eigenvalue weighted by molar-refractivity contribution is 5.97. The number of esters is 1. The van der Waals surface area contributed by atoms with Crippen LogP contribution in [0.5, 0.6) is 0 Å². The van der Waals surface area contributed by atoms with Gasteiger partial charge in [0, 0.05) is 29.7 Å². The topological polar surface area (TPSA) is 125 Å². The van der Waals surface area contributed by atoms with E-state index in [9.17, 15) is 19.7 Å². The number of hydrogen-bond acceptors (Lipinski definition) is 8. The van der Waals surface area contributed by atoms with E-state index in [-0.39, 0.29) is 42.6 Å². The van der Waals surface area contributed by atoms with Crippen molar-refractivity contribution in [1.82, 2.24) is 10.1 Å². The molecule has 0 radical (unpaired) electrons. The van der Waals surface area contributed by atoms with Crippen LogP contribution in [0.25, 0.3) is 22.5 Å². The van der Waals surface area contributed by atoms with Crippen molar-refractivity contribution in [1.29, 1.82) is 0 Å². The van der Waals surface area contributed by atoms with Gasteiger partial charge in [-0.3, -0.25) is 19.7 Å². The number of aromatic nitrogens is 2. The summed E-state index contributed by atoms with van der Waals surface area (Å²) in [6, 6.07) is 22.7. The Kier molecular flexibility index (Phi) is 6.83. The van der Waals surface area contributed by atoms with E-state index < -0.39 is 10.9 Å². The second kappa shape index (κ2) is 10.3. The lowest BCUT2D eigenvalue weighted by atomic mass is 10.0. The van der Waals surface area contributed by atoms with E-state index >= 15 is 0 Å². The molecule has 0 amide bonds. The molecular formula is C25H19N3O6. The van der Waals surface area contributed by atoms with Crippen LogP contribution in [0.2, 0.25) is 0 Å². The van der Waals surface area contributed by atoms with Gasteiger partial charge in [-0.05, 0) is 23.3 Å². The molecule has 0 aliphatic heterocycles. The molecule has 0 fully saturated rings. The minimum absolute atomic E-state index is 0.0153. The highest BCUT2D eigenvalue weighted by Gasteiger charge is 2.14. The SMILES string of the molecule is O=C(CCC(=O)c1ccc(-c2ccccc2)cc1)OCc1nc(-c2ccc([N+](=O)[O-])cc2)no1. The van der Waals surface area contributed by atoms with Gasteiger partial charge in [0.05, 0.1) is 11.3 Å². The number of hydrogen-bond donors (Lipinski definition) is 0. The Hall–Kier alpha value is -4.66. The normalized spacial score (nSPS) is 10.6. The minimum atomic E-state index is -0.565. The fourth-order valence-electron chi connectivity index (χ4n) is 3.22. The molecule has 4 aromatic rings. The van der Waals surface area contributed by atoms with Gasteiger partial charge in [-0.1, -0.05) is 59.8 Å². The zero-order chi connectivity index (χ0) is 23.9. The number of carbonyl (C=O) groups excluding carboxylic acids is 2. The lowest BCUT2D eigenvalue weighted by Crippen LogP contribution is -2.08. The molecule has 1 aromatic heterocycles. The Labute approximate surface area is 194 Å². The van der Waals surface area contributed by atoms with Crippen LogP contribution in [-0.4, -0.2) is 26.8 Å². The number of nitro groups is 1. The Morgan fingerprint density at radius 3 is 2.18 bits per heavy atom. The molecule has 0 aliphatic rings.